The van der Waals surface area contributed by atoms with Crippen LogP contribution in [0.5, 0.6) is 0 Å². The Morgan fingerprint density at radius 2 is 2.11 bits per heavy atom. The molecule has 0 unspecified atom stereocenters. The number of hydrogen-bond donors (Lipinski definition) is 1. The first kappa shape index (κ1) is 14.0. The van der Waals surface area contributed by atoms with Gasteiger partial charge in [-0.1, -0.05) is 15.9 Å². The van der Waals surface area contributed by atoms with Crippen molar-refractivity contribution in [2.24, 2.45) is 0 Å². The number of hydrogen-bond acceptors (Lipinski definition) is 2. The minimum absolute atomic E-state index is 0.0134. The molecule has 1 aliphatic rings. The molecule has 1 N–H and O–H groups in total. The summed E-state index contributed by atoms with van der Waals surface area (Å²) in [4.78, 5) is 24.3. The minimum Gasteiger partial charge on any atom is -0.481 e. The molecule has 1 amide bonds. The van der Waals surface area contributed by atoms with Crippen molar-refractivity contribution in [3.05, 3.63) is 34.1 Å². The molecular weight excluding hydrogens is 317 g/mol. The Labute approximate surface area is 118 Å². The van der Waals surface area contributed by atoms with Crippen LogP contribution in [0.4, 0.5) is 4.39 Å². The molecule has 0 aliphatic heterocycles. The molecule has 1 aromatic carbocycles. The molecule has 0 radical (unpaired) electrons. The highest BCUT2D eigenvalue weighted by Crippen LogP contribution is 2.29. The zero-order valence-corrected chi connectivity index (χ0v) is 11.7. The maximum absolute atomic E-state index is 13.8. The number of rotatable bonds is 5. The van der Waals surface area contributed by atoms with Gasteiger partial charge in [0.2, 0.25) is 0 Å². The molecule has 102 valence electrons. The van der Waals surface area contributed by atoms with E-state index in [0.29, 0.717) is 4.47 Å². The number of amides is 1. The zero-order valence-electron chi connectivity index (χ0n) is 10.1. The lowest BCUT2D eigenvalue weighted by Gasteiger charge is -2.22. The summed E-state index contributed by atoms with van der Waals surface area (Å²) in [7, 11) is 0. The molecule has 4 nitrogen and oxygen atoms in total. The Morgan fingerprint density at radius 3 is 2.63 bits per heavy atom. The second kappa shape index (κ2) is 5.69. The van der Waals surface area contributed by atoms with Crippen LogP contribution in [0.3, 0.4) is 0 Å². The van der Waals surface area contributed by atoms with Crippen molar-refractivity contribution in [2.75, 3.05) is 6.54 Å². The Balaban J connectivity index is 2.16. The van der Waals surface area contributed by atoms with Gasteiger partial charge >= 0.3 is 5.97 Å². The topological polar surface area (TPSA) is 57.6 Å². The predicted octanol–water partition coefficient (Wildman–Crippen LogP) is 2.67. The number of aliphatic carboxylic acids is 1. The molecule has 2 rings (SSSR count). The number of benzene rings is 1. The van der Waals surface area contributed by atoms with E-state index in [0.717, 1.165) is 12.8 Å². The van der Waals surface area contributed by atoms with Crippen molar-refractivity contribution >= 4 is 27.8 Å². The summed E-state index contributed by atoms with van der Waals surface area (Å²) in [5, 5.41) is 8.69. The third kappa shape index (κ3) is 3.53. The van der Waals surface area contributed by atoms with Gasteiger partial charge in [0.05, 0.1) is 12.0 Å². The Morgan fingerprint density at radius 1 is 1.42 bits per heavy atom. The molecule has 1 saturated carbocycles. The smallest absolute Gasteiger partial charge is 0.305 e. The predicted molar refractivity (Wildman–Crippen MR) is 70.4 cm³/mol. The maximum atomic E-state index is 13.8. The number of halogens is 2. The number of carbonyl (C=O) groups excluding carboxylic acids is 1. The van der Waals surface area contributed by atoms with Gasteiger partial charge < -0.3 is 10.0 Å². The fourth-order valence-electron chi connectivity index (χ4n) is 1.87. The van der Waals surface area contributed by atoms with E-state index in [4.69, 9.17) is 5.11 Å². The number of carbonyl (C=O) groups is 2. The molecule has 1 aliphatic carbocycles. The van der Waals surface area contributed by atoms with Crippen molar-refractivity contribution in [3.63, 3.8) is 0 Å². The molecular formula is C13H13BrFNO3. The average molecular weight is 330 g/mol. The summed E-state index contributed by atoms with van der Waals surface area (Å²) in [5.41, 5.74) is -0.0134. The first-order valence-corrected chi connectivity index (χ1v) is 6.76. The molecule has 0 heterocycles. The van der Waals surface area contributed by atoms with E-state index >= 15 is 0 Å². The monoisotopic (exact) mass is 329 g/mol. The van der Waals surface area contributed by atoms with E-state index in [9.17, 15) is 14.0 Å². The number of carboxylic acid groups (broad SMARTS) is 1. The van der Waals surface area contributed by atoms with Crippen LogP contribution in [0.25, 0.3) is 0 Å². The standard InChI is InChI=1S/C13H13BrFNO3/c14-8-1-4-10(11(15)7-8)13(19)16(9-2-3-9)6-5-12(17)18/h1,4,7,9H,2-3,5-6H2,(H,17,18). The summed E-state index contributed by atoms with van der Waals surface area (Å²) in [6.07, 6.45) is 1.58. The SMILES string of the molecule is O=C(O)CCN(C(=O)c1ccc(Br)cc1F)C1CC1. The second-order valence-electron chi connectivity index (χ2n) is 4.50. The van der Waals surface area contributed by atoms with Crippen LogP contribution >= 0.6 is 15.9 Å². The van der Waals surface area contributed by atoms with E-state index in [1.165, 1.54) is 17.0 Å². The van der Waals surface area contributed by atoms with Gasteiger partial charge in [0.1, 0.15) is 5.82 Å². The lowest BCUT2D eigenvalue weighted by molar-refractivity contribution is -0.137. The van der Waals surface area contributed by atoms with Crippen LogP contribution in [-0.2, 0) is 4.79 Å². The summed E-state index contributed by atoms with van der Waals surface area (Å²) < 4.78 is 14.3. The summed E-state index contributed by atoms with van der Waals surface area (Å²) in [5.74, 6) is -2.00. The highest BCUT2D eigenvalue weighted by molar-refractivity contribution is 9.10. The van der Waals surface area contributed by atoms with Gasteiger partial charge in [-0.25, -0.2) is 4.39 Å². The Hall–Kier alpha value is -1.43. The number of carboxylic acids is 1. The normalized spacial score (nSPS) is 14.2. The van der Waals surface area contributed by atoms with Gasteiger partial charge in [-0.2, -0.15) is 0 Å². The quantitative estimate of drug-likeness (QED) is 0.903. The van der Waals surface area contributed by atoms with Crippen molar-refractivity contribution in [1.82, 2.24) is 4.90 Å². The van der Waals surface area contributed by atoms with Crippen molar-refractivity contribution in [3.8, 4) is 0 Å². The van der Waals surface area contributed by atoms with Gasteiger partial charge in [-0.05, 0) is 31.0 Å². The van der Waals surface area contributed by atoms with Crippen molar-refractivity contribution in [1.29, 1.82) is 0 Å². The largest absolute Gasteiger partial charge is 0.481 e. The van der Waals surface area contributed by atoms with Gasteiger partial charge in [0.25, 0.3) is 5.91 Å². The van der Waals surface area contributed by atoms with E-state index in [2.05, 4.69) is 15.9 Å². The van der Waals surface area contributed by atoms with Gasteiger partial charge in [0.15, 0.2) is 0 Å². The third-order valence-electron chi connectivity index (χ3n) is 2.98. The van der Waals surface area contributed by atoms with Crippen LogP contribution in [0, 0.1) is 5.82 Å². The lowest BCUT2D eigenvalue weighted by Crippen LogP contribution is -2.35. The average Bonchev–Trinajstić information content (AvgIpc) is 3.13. The molecule has 0 bridgehead atoms. The van der Waals surface area contributed by atoms with Crippen LogP contribution < -0.4 is 0 Å². The molecule has 1 aromatic rings. The van der Waals surface area contributed by atoms with Gasteiger partial charge in [-0.3, -0.25) is 9.59 Å². The van der Waals surface area contributed by atoms with Crippen molar-refractivity contribution in [2.45, 2.75) is 25.3 Å². The van der Waals surface area contributed by atoms with Gasteiger partial charge in [-0.15, -0.1) is 0 Å². The molecule has 0 atom stereocenters. The lowest BCUT2D eigenvalue weighted by atomic mass is 10.1. The molecule has 1 fully saturated rings. The van der Waals surface area contributed by atoms with E-state index in [1.807, 2.05) is 0 Å². The summed E-state index contributed by atoms with van der Waals surface area (Å²) >= 11 is 3.13. The first-order valence-electron chi connectivity index (χ1n) is 5.97. The van der Waals surface area contributed by atoms with E-state index < -0.39 is 17.7 Å². The van der Waals surface area contributed by atoms with Crippen LogP contribution in [0.15, 0.2) is 22.7 Å². The minimum atomic E-state index is -0.963. The molecule has 6 heteroatoms. The van der Waals surface area contributed by atoms with E-state index in [-0.39, 0.29) is 24.6 Å². The summed E-state index contributed by atoms with van der Waals surface area (Å²) in [6.45, 7) is 0.119. The summed E-state index contributed by atoms with van der Waals surface area (Å²) in [6, 6.07) is 4.29. The molecule has 0 spiro atoms. The van der Waals surface area contributed by atoms with Crippen LogP contribution in [0.2, 0.25) is 0 Å². The maximum Gasteiger partial charge on any atom is 0.305 e. The van der Waals surface area contributed by atoms with Gasteiger partial charge in [0, 0.05) is 17.1 Å². The highest BCUT2D eigenvalue weighted by atomic mass is 79.9. The Kier molecular flexibility index (Phi) is 4.19. The second-order valence-corrected chi connectivity index (χ2v) is 5.41. The van der Waals surface area contributed by atoms with Crippen LogP contribution in [0.1, 0.15) is 29.6 Å². The van der Waals surface area contributed by atoms with E-state index in [1.54, 1.807) is 6.07 Å². The fraction of sp³-hybridized carbons (Fsp3) is 0.385. The Bertz CT molecular complexity index is 517. The number of nitrogens with zero attached hydrogens (tertiary/aromatic N) is 1. The molecule has 0 saturated heterocycles. The molecule has 0 aromatic heterocycles. The zero-order chi connectivity index (χ0) is 14.0. The van der Waals surface area contributed by atoms with Crippen LogP contribution in [-0.4, -0.2) is 34.5 Å². The molecule has 19 heavy (non-hydrogen) atoms. The highest BCUT2D eigenvalue weighted by Gasteiger charge is 2.34. The first-order chi connectivity index (χ1) is 8.99. The third-order valence-corrected chi connectivity index (χ3v) is 3.47. The van der Waals surface area contributed by atoms with Crippen molar-refractivity contribution < 1.29 is 19.1 Å². The fourth-order valence-corrected chi connectivity index (χ4v) is 2.20.